The first kappa shape index (κ1) is 18.7. The standard InChI is InChI=1S/C19H33NO3/c1-5-16(21)14(3)9-8-13(2)11-15-12-20-10-6-7-17(20)19(4,23)18(15)22/h9,11,13,16-18,21-23H,5-8,10,12H2,1-4H3/b14-9+,15-11+/t13-,16+,17-,18+,19+/m0/s1. The number of nitrogens with zero attached hydrogens (tertiary/aromatic N) is 1. The van der Waals surface area contributed by atoms with E-state index in [0.29, 0.717) is 0 Å². The Balaban J connectivity index is 2.06. The molecule has 0 spiro atoms. The summed E-state index contributed by atoms with van der Waals surface area (Å²) in [5.41, 5.74) is 0.876. The van der Waals surface area contributed by atoms with E-state index in [1.54, 1.807) is 6.92 Å². The molecule has 4 nitrogen and oxygen atoms in total. The van der Waals surface area contributed by atoms with Gasteiger partial charge in [0, 0.05) is 12.6 Å². The topological polar surface area (TPSA) is 63.9 Å². The van der Waals surface area contributed by atoms with Gasteiger partial charge in [0.25, 0.3) is 0 Å². The predicted octanol–water partition coefficient (Wildman–Crippen LogP) is 2.25. The zero-order chi connectivity index (χ0) is 17.2. The molecule has 2 rings (SSSR count). The maximum Gasteiger partial charge on any atom is 0.107 e. The Bertz CT molecular complexity index is 469. The third-order valence-electron chi connectivity index (χ3n) is 5.55. The minimum atomic E-state index is -1.07. The molecule has 0 aromatic rings. The molecule has 2 aliphatic heterocycles. The molecule has 0 bridgehead atoms. The van der Waals surface area contributed by atoms with Gasteiger partial charge in [0.2, 0.25) is 0 Å². The molecule has 4 heteroatoms. The van der Waals surface area contributed by atoms with Gasteiger partial charge in [-0.3, -0.25) is 4.90 Å². The molecule has 5 atom stereocenters. The summed E-state index contributed by atoms with van der Waals surface area (Å²) < 4.78 is 0. The van der Waals surface area contributed by atoms with E-state index in [-0.39, 0.29) is 18.1 Å². The van der Waals surface area contributed by atoms with E-state index >= 15 is 0 Å². The first-order chi connectivity index (χ1) is 10.8. The van der Waals surface area contributed by atoms with Crippen LogP contribution in [0.15, 0.2) is 23.3 Å². The van der Waals surface area contributed by atoms with Crippen molar-refractivity contribution in [1.82, 2.24) is 4.90 Å². The first-order valence-electron chi connectivity index (χ1n) is 8.97. The van der Waals surface area contributed by atoms with Gasteiger partial charge < -0.3 is 15.3 Å². The summed E-state index contributed by atoms with van der Waals surface area (Å²) in [7, 11) is 0. The van der Waals surface area contributed by atoms with Gasteiger partial charge in [-0.2, -0.15) is 0 Å². The van der Waals surface area contributed by atoms with Crippen LogP contribution in [0, 0.1) is 5.92 Å². The monoisotopic (exact) mass is 323 g/mol. The Morgan fingerprint density at radius 2 is 2.17 bits per heavy atom. The highest BCUT2D eigenvalue weighted by molar-refractivity contribution is 5.24. The highest BCUT2D eigenvalue weighted by Gasteiger charge is 2.49. The Morgan fingerprint density at radius 3 is 2.83 bits per heavy atom. The summed E-state index contributed by atoms with van der Waals surface area (Å²) in [6, 6.07) is 0.0757. The molecule has 0 radical (unpaired) electrons. The second kappa shape index (κ2) is 7.47. The van der Waals surface area contributed by atoms with E-state index < -0.39 is 11.7 Å². The van der Waals surface area contributed by atoms with Crippen LogP contribution in [0.2, 0.25) is 0 Å². The van der Waals surface area contributed by atoms with Crippen molar-refractivity contribution in [3.63, 3.8) is 0 Å². The van der Waals surface area contributed by atoms with Crippen LogP contribution in [0.1, 0.15) is 53.4 Å². The molecule has 132 valence electrons. The van der Waals surface area contributed by atoms with Crippen molar-refractivity contribution in [2.45, 2.75) is 77.2 Å². The fraction of sp³-hybridized carbons (Fsp3) is 0.789. The Morgan fingerprint density at radius 1 is 1.48 bits per heavy atom. The normalized spacial score (nSPS) is 37.0. The molecule has 2 saturated heterocycles. The predicted molar refractivity (Wildman–Crippen MR) is 93.1 cm³/mol. The van der Waals surface area contributed by atoms with Crippen LogP contribution in [0.3, 0.4) is 0 Å². The van der Waals surface area contributed by atoms with Gasteiger partial charge in [-0.15, -0.1) is 0 Å². The molecule has 0 aromatic heterocycles. The summed E-state index contributed by atoms with van der Waals surface area (Å²) in [6.45, 7) is 9.57. The zero-order valence-corrected chi connectivity index (χ0v) is 15.0. The number of rotatable bonds is 5. The molecule has 0 saturated carbocycles. The van der Waals surface area contributed by atoms with Gasteiger partial charge in [0.05, 0.1) is 6.10 Å². The van der Waals surface area contributed by atoms with Gasteiger partial charge in [-0.1, -0.05) is 26.0 Å². The smallest absolute Gasteiger partial charge is 0.107 e. The average Bonchev–Trinajstić information content (AvgIpc) is 2.98. The molecule has 23 heavy (non-hydrogen) atoms. The summed E-state index contributed by atoms with van der Waals surface area (Å²) in [5.74, 6) is 0.272. The van der Waals surface area contributed by atoms with Crippen LogP contribution < -0.4 is 0 Å². The third kappa shape index (κ3) is 4.05. The Kier molecular flexibility index (Phi) is 6.06. The lowest BCUT2D eigenvalue weighted by atomic mass is 9.80. The number of aliphatic hydroxyl groups is 3. The summed E-state index contributed by atoms with van der Waals surface area (Å²) in [5, 5.41) is 31.1. The minimum absolute atomic E-state index is 0.0757. The quantitative estimate of drug-likeness (QED) is 0.679. The van der Waals surface area contributed by atoms with Crippen molar-refractivity contribution in [3.05, 3.63) is 23.3 Å². The van der Waals surface area contributed by atoms with Crippen molar-refractivity contribution in [1.29, 1.82) is 0 Å². The number of hydrogen-bond acceptors (Lipinski definition) is 4. The lowest BCUT2D eigenvalue weighted by Gasteiger charge is -2.46. The van der Waals surface area contributed by atoms with Crippen LogP contribution in [0.5, 0.6) is 0 Å². The summed E-state index contributed by atoms with van der Waals surface area (Å²) >= 11 is 0. The number of fused-ring (bicyclic) bond motifs is 1. The van der Waals surface area contributed by atoms with E-state index in [2.05, 4.69) is 24.0 Å². The lowest BCUT2D eigenvalue weighted by Crippen LogP contribution is -2.61. The lowest BCUT2D eigenvalue weighted by molar-refractivity contribution is -0.110. The highest BCUT2D eigenvalue weighted by Crippen LogP contribution is 2.37. The molecule has 2 heterocycles. The third-order valence-corrected chi connectivity index (χ3v) is 5.55. The Labute approximate surface area is 140 Å². The molecule has 2 aliphatic rings. The van der Waals surface area contributed by atoms with Crippen molar-refractivity contribution in [3.8, 4) is 0 Å². The fourth-order valence-corrected chi connectivity index (χ4v) is 3.96. The van der Waals surface area contributed by atoms with Crippen LogP contribution in [-0.4, -0.2) is 57.2 Å². The van der Waals surface area contributed by atoms with Crippen LogP contribution in [-0.2, 0) is 0 Å². The Hall–Kier alpha value is -0.680. The molecule has 0 unspecified atom stereocenters. The molecular formula is C19H33NO3. The van der Waals surface area contributed by atoms with E-state index in [0.717, 1.165) is 49.9 Å². The van der Waals surface area contributed by atoms with E-state index in [1.807, 2.05) is 13.8 Å². The molecule has 0 amide bonds. The molecule has 0 aromatic carbocycles. The first-order valence-corrected chi connectivity index (χ1v) is 8.97. The van der Waals surface area contributed by atoms with Gasteiger partial charge in [-0.05, 0) is 63.1 Å². The van der Waals surface area contributed by atoms with Crippen molar-refractivity contribution >= 4 is 0 Å². The van der Waals surface area contributed by atoms with E-state index in [1.165, 1.54) is 0 Å². The molecular weight excluding hydrogens is 290 g/mol. The van der Waals surface area contributed by atoms with Crippen molar-refractivity contribution in [2.24, 2.45) is 5.92 Å². The van der Waals surface area contributed by atoms with Gasteiger partial charge in [-0.25, -0.2) is 0 Å². The molecule has 3 N–H and O–H groups in total. The molecule has 2 fully saturated rings. The number of allylic oxidation sites excluding steroid dienone is 2. The van der Waals surface area contributed by atoms with Gasteiger partial charge in [0.1, 0.15) is 11.7 Å². The van der Waals surface area contributed by atoms with E-state index in [9.17, 15) is 15.3 Å². The largest absolute Gasteiger partial charge is 0.389 e. The van der Waals surface area contributed by atoms with E-state index in [4.69, 9.17) is 0 Å². The number of piperidine rings is 1. The van der Waals surface area contributed by atoms with Gasteiger partial charge in [0.15, 0.2) is 0 Å². The van der Waals surface area contributed by atoms with Crippen LogP contribution >= 0.6 is 0 Å². The minimum Gasteiger partial charge on any atom is -0.389 e. The second-order valence-electron chi connectivity index (χ2n) is 7.58. The fourth-order valence-electron chi connectivity index (χ4n) is 3.96. The molecule has 0 aliphatic carbocycles. The summed E-state index contributed by atoms with van der Waals surface area (Å²) in [6.07, 6.45) is 6.67. The van der Waals surface area contributed by atoms with Crippen LogP contribution in [0.25, 0.3) is 0 Å². The van der Waals surface area contributed by atoms with Crippen molar-refractivity contribution in [2.75, 3.05) is 13.1 Å². The maximum atomic E-state index is 10.7. The maximum absolute atomic E-state index is 10.7. The SMILES string of the molecule is CC[C@@H](O)/C(C)=C/C[C@H](C)/C=C1\CN2CCC[C@H]2[C@@](C)(O)[C@@H]1O. The second-order valence-corrected chi connectivity index (χ2v) is 7.58. The number of aliphatic hydroxyl groups excluding tert-OH is 2. The van der Waals surface area contributed by atoms with Crippen molar-refractivity contribution < 1.29 is 15.3 Å². The average molecular weight is 323 g/mol. The van der Waals surface area contributed by atoms with Crippen LogP contribution in [0.4, 0.5) is 0 Å². The summed E-state index contributed by atoms with van der Waals surface area (Å²) in [4.78, 5) is 2.30. The highest BCUT2D eigenvalue weighted by atomic mass is 16.3. The number of hydrogen-bond donors (Lipinski definition) is 3. The zero-order valence-electron chi connectivity index (χ0n) is 15.0. The van der Waals surface area contributed by atoms with Gasteiger partial charge >= 0.3 is 0 Å².